The van der Waals surface area contributed by atoms with Crippen molar-refractivity contribution in [1.82, 2.24) is 9.97 Å². The molecule has 9 heavy (non-hydrogen) atoms. The quantitative estimate of drug-likeness (QED) is 0.436. The molecule has 0 unspecified atom stereocenters. The third-order valence-electron chi connectivity index (χ3n) is 0.993. The van der Waals surface area contributed by atoms with Gasteiger partial charge in [0, 0.05) is 0 Å². The Hall–Kier alpha value is -1.06. The van der Waals surface area contributed by atoms with Gasteiger partial charge in [0.05, 0.1) is 25.2 Å². The molecule has 0 amide bonds. The first kappa shape index (κ1) is 6.07. The lowest BCUT2D eigenvalue weighted by Crippen LogP contribution is -2.11. The largest absolute Gasteiger partial charge is 0.494 e. The number of hydrogen-bond acceptors (Lipinski definition) is 3. The van der Waals surface area contributed by atoms with Crippen molar-refractivity contribution >= 4 is 13.6 Å². The van der Waals surface area contributed by atoms with Gasteiger partial charge in [-0.2, -0.15) is 0 Å². The number of ether oxygens (including phenoxy) is 1. The van der Waals surface area contributed by atoms with Gasteiger partial charge >= 0.3 is 0 Å². The Morgan fingerprint density at radius 3 is 2.44 bits per heavy atom. The van der Waals surface area contributed by atoms with Crippen LogP contribution in [-0.2, 0) is 0 Å². The van der Waals surface area contributed by atoms with Gasteiger partial charge in [-0.25, -0.2) is 9.97 Å². The molecule has 0 radical (unpaired) electrons. The van der Waals surface area contributed by atoms with Crippen LogP contribution in [0.3, 0.4) is 0 Å². The topological polar surface area (TPSA) is 35.0 Å². The molecule has 1 aromatic rings. The van der Waals surface area contributed by atoms with Crippen molar-refractivity contribution in [3.8, 4) is 5.75 Å². The highest BCUT2D eigenvalue weighted by Crippen LogP contribution is 1.99. The van der Waals surface area contributed by atoms with Crippen LogP contribution in [0.25, 0.3) is 0 Å². The number of aromatic nitrogens is 2. The normalized spacial score (nSPS) is 9.00. The van der Waals surface area contributed by atoms with E-state index in [9.17, 15) is 0 Å². The van der Waals surface area contributed by atoms with E-state index in [1.807, 2.05) is 7.85 Å². The Morgan fingerprint density at radius 1 is 1.44 bits per heavy atom. The number of hydrogen-bond donors (Lipinski definition) is 0. The van der Waals surface area contributed by atoms with E-state index in [0.29, 0.717) is 5.75 Å². The van der Waals surface area contributed by atoms with E-state index in [1.165, 1.54) is 0 Å². The lowest BCUT2D eigenvalue weighted by atomic mass is 10.1. The lowest BCUT2D eigenvalue weighted by molar-refractivity contribution is 0.411. The van der Waals surface area contributed by atoms with Crippen LogP contribution >= 0.6 is 0 Å². The van der Waals surface area contributed by atoms with Crippen LogP contribution in [0.2, 0.25) is 0 Å². The van der Waals surface area contributed by atoms with E-state index >= 15 is 0 Å². The maximum Gasteiger partial charge on any atom is 0.189 e. The summed E-state index contributed by atoms with van der Waals surface area (Å²) in [6.07, 6.45) is 3.28. The minimum Gasteiger partial charge on any atom is -0.494 e. The Bertz CT molecular complexity index is 187. The van der Waals surface area contributed by atoms with E-state index < -0.39 is 0 Å². The van der Waals surface area contributed by atoms with E-state index in [-0.39, 0.29) is 0 Å². The summed E-state index contributed by atoms with van der Waals surface area (Å²) in [6, 6.07) is 0. The zero-order chi connectivity index (χ0) is 6.69. The highest BCUT2D eigenvalue weighted by Gasteiger charge is 1.88. The zero-order valence-corrected chi connectivity index (χ0v) is 5.46. The molecule has 1 heterocycles. The molecule has 0 aliphatic heterocycles. The minimum atomic E-state index is 0.695. The summed E-state index contributed by atoms with van der Waals surface area (Å²) < 4.78 is 4.84. The van der Waals surface area contributed by atoms with Crippen molar-refractivity contribution in [2.75, 3.05) is 7.11 Å². The fourth-order valence-electron chi connectivity index (χ4n) is 0.486. The van der Waals surface area contributed by atoms with Gasteiger partial charge in [-0.15, -0.1) is 0 Å². The molecule has 0 bridgehead atoms. The molecule has 0 fully saturated rings. The standard InChI is InChI=1S/C5H7BN2O/c1-9-4-2-7-5(6)8-3-4/h2-3H,6H2,1H3. The second-order valence-corrected chi connectivity index (χ2v) is 1.67. The molecule has 0 N–H and O–H groups in total. The van der Waals surface area contributed by atoms with Crippen LogP contribution in [0, 0.1) is 0 Å². The SMILES string of the molecule is Bc1ncc(OC)cn1. The van der Waals surface area contributed by atoms with Crippen molar-refractivity contribution in [2.24, 2.45) is 0 Å². The predicted octanol–water partition coefficient (Wildman–Crippen LogP) is -1.26. The Balaban J connectivity index is 2.88. The molecule has 4 heteroatoms. The fourth-order valence-corrected chi connectivity index (χ4v) is 0.486. The summed E-state index contributed by atoms with van der Waals surface area (Å²) in [5.74, 6) is 0.695. The monoisotopic (exact) mass is 122 g/mol. The lowest BCUT2D eigenvalue weighted by Gasteiger charge is -1.95. The summed E-state index contributed by atoms with van der Waals surface area (Å²) in [4.78, 5) is 7.83. The molecule has 0 aliphatic carbocycles. The highest BCUT2D eigenvalue weighted by molar-refractivity contribution is 6.28. The molecule has 0 aromatic carbocycles. The first-order valence-corrected chi connectivity index (χ1v) is 2.65. The van der Waals surface area contributed by atoms with Crippen molar-refractivity contribution < 1.29 is 4.74 Å². The third kappa shape index (κ3) is 1.42. The maximum absolute atomic E-state index is 4.84. The van der Waals surface area contributed by atoms with Crippen LogP contribution in [0.15, 0.2) is 12.4 Å². The average Bonchev–Trinajstić information content (AvgIpc) is 1.90. The van der Waals surface area contributed by atoms with Gasteiger partial charge in [0.1, 0.15) is 0 Å². The van der Waals surface area contributed by atoms with E-state index in [2.05, 4.69) is 9.97 Å². The molecular formula is C5H7BN2O. The van der Waals surface area contributed by atoms with Crippen molar-refractivity contribution in [2.45, 2.75) is 0 Å². The zero-order valence-electron chi connectivity index (χ0n) is 5.46. The molecule has 1 aromatic heterocycles. The average molecular weight is 122 g/mol. The van der Waals surface area contributed by atoms with Crippen LogP contribution in [0.5, 0.6) is 5.75 Å². The molecule has 0 aliphatic rings. The maximum atomic E-state index is 4.84. The Kier molecular flexibility index (Phi) is 1.67. The smallest absolute Gasteiger partial charge is 0.189 e. The highest BCUT2D eigenvalue weighted by atomic mass is 16.5. The number of methoxy groups -OCH3 is 1. The molecule has 0 atom stereocenters. The second kappa shape index (κ2) is 2.48. The minimum absolute atomic E-state index is 0.695. The fraction of sp³-hybridized carbons (Fsp3) is 0.200. The van der Waals surface area contributed by atoms with Crippen molar-refractivity contribution in [3.63, 3.8) is 0 Å². The summed E-state index contributed by atoms with van der Waals surface area (Å²) in [6.45, 7) is 0. The van der Waals surface area contributed by atoms with Gasteiger partial charge in [-0.1, -0.05) is 0 Å². The van der Waals surface area contributed by atoms with Gasteiger partial charge in [-0.3, -0.25) is 0 Å². The first-order valence-electron chi connectivity index (χ1n) is 2.65. The van der Waals surface area contributed by atoms with Crippen LogP contribution in [-0.4, -0.2) is 24.9 Å². The molecule has 1 rings (SSSR count). The molecule has 0 spiro atoms. The van der Waals surface area contributed by atoms with E-state index in [4.69, 9.17) is 4.74 Å². The molecule has 46 valence electrons. The van der Waals surface area contributed by atoms with Crippen molar-refractivity contribution in [3.05, 3.63) is 12.4 Å². The van der Waals surface area contributed by atoms with Crippen LogP contribution < -0.4 is 10.5 Å². The number of rotatable bonds is 1. The Morgan fingerprint density at radius 2 is 2.00 bits per heavy atom. The van der Waals surface area contributed by atoms with Gasteiger partial charge in [-0.05, 0) is 0 Å². The van der Waals surface area contributed by atoms with Crippen LogP contribution in [0.4, 0.5) is 0 Å². The van der Waals surface area contributed by atoms with Gasteiger partial charge in [0.25, 0.3) is 0 Å². The second-order valence-electron chi connectivity index (χ2n) is 1.67. The summed E-state index contributed by atoms with van der Waals surface area (Å²) in [5, 5.41) is 0. The van der Waals surface area contributed by atoms with Gasteiger partial charge < -0.3 is 4.74 Å². The summed E-state index contributed by atoms with van der Waals surface area (Å²) in [7, 11) is 3.42. The van der Waals surface area contributed by atoms with E-state index in [0.717, 1.165) is 5.72 Å². The third-order valence-corrected chi connectivity index (χ3v) is 0.993. The van der Waals surface area contributed by atoms with E-state index in [1.54, 1.807) is 19.5 Å². The van der Waals surface area contributed by atoms with Gasteiger partial charge in [0.15, 0.2) is 13.6 Å². The predicted molar refractivity (Wildman–Crippen MR) is 36.8 cm³/mol. The number of nitrogens with zero attached hydrogens (tertiary/aromatic N) is 2. The molecule has 0 saturated heterocycles. The molecule has 0 saturated carbocycles. The molecule has 3 nitrogen and oxygen atoms in total. The van der Waals surface area contributed by atoms with Crippen LogP contribution in [0.1, 0.15) is 0 Å². The van der Waals surface area contributed by atoms with Gasteiger partial charge in [0.2, 0.25) is 0 Å². The Labute approximate surface area is 54.5 Å². The first-order chi connectivity index (χ1) is 4.33. The summed E-state index contributed by atoms with van der Waals surface area (Å²) in [5.41, 5.74) is 0.760. The molecular weight excluding hydrogens is 115 g/mol. The summed E-state index contributed by atoms with van der Waals surface area (Å²) >= 11 is 0. The van der Waals surface area contributed by atoms with Crippen molar-refractivity contribution in [1.29, 1.82) is 0 Å².